The van der Waals surface area contributed by atoms with E-state index in [1.54, 1.807) is 0 Å². The zero-order chi connectivity index (χ0) is 15.8. The maximum Gasteiger partial charge on any atom is 0.162 e. The number of hydrogen-bond acceptors (Lipinski definition) is 2. The highest BCUT2D eigenvalue weighted by Gasteiger charge is 2.60. The Bertz CT molecular complexity index is 464. The monoisotopic (exact) mass is 370 g/mol. The number of rotatable bonds is 0. The number of hydrogen-bond donors (Lipinski definition) is 2. The maximum absolute atomic E-state index is 10.1. The van der Waals surface area contributed by atoms with Gasteiger partial charge in [-0.3, -0.25) is 0 Å². The Morgan fingerprint density at radius 3 is 2.45 bits per heavy atom. The molecule has 0 aliphatic heterocycles. The smallest absolute Gasteiger partial charge is 0.162 e. The fraction of sp³-hybridized carbons (Fsp3) is 1.00. The van der Waals surface area contributed by atoms with Crippen molar-refractivity contribution in [3.63, 3.8) is 0 Å². The molecule has 0 amide bonds. The largest absolute Gasteiger partial charge is 0.366 e. The molecule has 0 bridgehead atoms. The molecule has 0 aromatic rings. The molecule has 7 atom stereocenters. The number of alkyl halides is 1. The first-order chi connectivity index (χ1) is 10.2. The summed E-state index contributed by atoms with van der Waals surface area (Å²) < 4.78 is 0. The van der Waals surface area contributed by atoms with Crippen LogP contribution in [0.3, 0.4) is 0 Å². The van der Waals surface area contributed by atoms with E-state index in [9.17, 15) is 10.2 Å². The van der Waals surface area contributed by atoms with Gasteiger partial charge in [-0.2, -0.15) is 0 Å². The summed E-state index contributed by atoms with van der Waals surface area (Å²) in [6, 6.07) is 0. The summed E-state index contributed by atoms with van der Waals surface area (Å²) in [5.74, 6) is 1.71. The van der Waals surface area contributed by atoms with E-state index in [4.69, 9.17) is 0 Å². The molecule has 1 unspecified atom stereocenters. The minimum absolute atomic E-state index is 0.351. The zero-order valence-corrected chi connectivity index (χ0v) is 15.6. The van der Waals surface area contributed by atoms with Crippen molar-refractivity contribution in [1.29, 1.82) is 0 Å². The number of fused-ring (bicyclic) bond motifs is 5. The highest BCUT2D eigenvalue weighted by molar-refractivity contribution is 9.09. The third-order valence-corrected chi connectivity index (χ3v) is 9.12. The van der Waals surface area contributed by atoms with Gasteiger partial charge in [0.05, 0.1) is 0 Å². The predicted octanol–water partition coefficient (Wildman–Crippen LogP) is 4.47. The van der Waals surface area contributed by atoms with Crippen LogP contribution >= 0.6 is 15.9 Å². The lowest BCUT2D eigenvalue weighted by atomic mass is 9.45. The third-order valence-electron chi connectivity index (χ3n) is 8.42. The lowest BCUT2D eigenvalue weighted by molar-refractivity contribution is -0.232. The van der Waals surface area contributed by atoms with Gasteiger partial charge in [-0.1, -0.05) is 29.8 Å². The van der Waals surface area contributed by atoms with Gasteiger partial charge in [0.2, 0.25) is 0 Å². The molecular weight excluding hydrogens is 340 g/mol. The molecule has 4 saturated carbocycles. The predicted molar refractivity (Wildman–Crippen MR) is 91.6 cm³/mol. The van der Waals surface area contributed by atoms with Gasteiger partial charge in [-0.05, 0) is 79.4 Å². The summed E-state index contributed by atoms with van der Waals surface area (Å²) in [7, 11) is 0. The van der Waals surface area contributed by atoms with Crippen molar-refractivity contribution >= 4 is 15.9 Å². The summed E-state index contributed by atoms with van der Waals surface area (Å²) in [4.78, 5) is 0.723. The van der Waals surface area contributed by atoms with Crippen molar-refractivity contribution in [2.45, 2.75) is 82.2 Å². The van der Waals surface area contributed by atoms with Crippen molar-refractivity contribution in [2.75, 3.05) is 0 Å². The molecule has 3 heteroatoms. The van der Waals surface area contributed by atoms with E-state index < -0.39 is 5.79 Å². The number of aliphatic hydroxyl groups is 2. The van der Waals surface area contributed by atoms with Crippen LogP contribution in [0.2, 0.25) is 0 Å². The first kappa shape index (κ1) is 15.9. The maximum atomic E-state index is 10.1. The molecular formula is C19H31BrO2. The van der Waals surface area contributed by atoms with Gasteiger partial charge in [0, 0.05) is 17.7 Å². The van der Waals surface area contributed by atoms with Crippen LogP contribution < -0.4 is 0 Å². The second kappa shape index (κ2) is 4.95. The summed E-state index contributed by atoms with van der Waals surface area (Å²) in [5.41, 5.74) is 0.911. The van der Waals surface area contributed by atoms with E-state index in [-0.39, 0.29) is 0 Å². The molecule has 0 aromatic carbocycles. The van der Waals surface area contributed by atoms with E-state index in [0.717, 1.165) is 29.0 Å². The highest BCUT2D eigenvalue weighted by atomic mass is 79.9. The van der Waals surface area contributed by atoms with Crippen LogP contribution in [0.5, 0.6) is 0 Å². The SMILES string of the molecule is C[C@]12CC[C@H]3[C@@H](CCC4CC(O)(O)CC[C@@]43C)[C@@H]1C[C@H](Br)C2. The van der Waals surface area contributed by atoms with Crippen LogP contribution in [0.25, 0.3) is 0 Å². The van der Waals surface area contributed by atoms with Gasteiger partial charge >= 0.3 is 0 Å². The fourth-order valence-electron chi connectivity index (χ4n) is 7.20. The zero-order valence-electron chi connectivity index (χ0n) is 14.0. The Morgan fingerprint density at radius 1 is 0.909 bits per heavy atom. The molecule has 4 fully saturated rings. The molecule has 4 aliphatic rings. The Hall–Kier alpha value is 0.400. The minimum Gasteiger partial charge on any atom is -0.366 e. The Balaban J connectivity index is 1.61. The van der Waals surface area contributed by atoms with Crippen molar-refractivity contribution < 1.29 is 10.2 Å². The lowest BCUT2D eigenvalue weighted by Gasteiger charge is -2.61. The normalized spacial score (nSPS) is 56.9. The molecule has 126 valence electrons. The Kier molecular flexibility index (Phi) is 3.58. The van der Waals surface area contributed by atoms with Crippen molar-refractivity contribution in [3.05, 3.63) is 0 Å². The van der Waals surface area contributed by atoms with Crippen LogP contribution in [0.15, 0.2) is 0 Å². The highest BCUT2D eigenvalue weighted by Crippen LogP contribution is 2.67. The second-order valence-corrected chi connectivity index (χ2v) is 10.9. The molecule has 4 aliphatic carbocycles. The summed E-state index contributed by atoms with van der Waals surface area (Å²) in [5, 5.41) is 20.2. The van der Waals surface area contributed by atoms with Gasteiger partial charge in [0.1, 0.15) is 0 Å². The van der Waals surface area contributed by atoms with Gasteiger partial charge in [-0.15, -0.1) is 0 Å². The molecule has 0 spiro atoms. The molecule has 2 nitrogen and oxygen atoms in total. The average Bonchev–Trinajstić information content (AvgIpc) is 2.74. The standard InChI is InChI=1S/C19H31BrO2/c1-17-6-5-15-14(16(17)9-13(20)11-17)4-3-12-10-19(21,22)8-7-18(12,15)2/h12-16,21-22H,3-11H2,1-2H3/t12?,13-,14+,15-,16-,17+,18-/m0/s1. The molecule has 0 aromatic heterocycles. The van der Waals surface area contributed by atoms with E-state index >= 15 is 0 Å². The Labute approximate surface area is 143 Å². The van der Waals surface area contributed by atoms with Crippen LogP contribution in [0.4, 0.5) is 0 Å². The molecule has 22 heavy (non-hydrogen) atoms. The van der Waals surface area contributed by atoms with Gasteiger partial charge < -0.3 is 10.2 Å². The van der Waals surface area contributed by atoms with Gasteiger partial charge in [0.15, 0.2) is 5.79 Å². The summed E-state index contributed by atoms with van der Waals surface area (Å²) in [6.07, 6.45) is 10.2. The third kappa shape index (κ3) is 2.25. The van der Waals surface area contributed by atoms with E-state index in [0.29, 0.717) is 29.6 Å². The Morgan fingerprint density at radius 2 is 1.68 bits per heavy atom. The van der Waals surface area contributed by atoms with Crippen molar-refractivity contribution in [1.82, 2.24) is 0 Å². The van der Waals surface area contributed by atoms with Crippen LogP contribution in [-0.4, -0.2) is 20.8 Å². The van der Waals surface area contributed by atoms with E-state index in [2.05, 4.69) is 29.8 Å². The first-order valence-electron chi connectivity index (χ1n) is 9.32. The first-order valence-corrected chi connectivity index (χ1v) is 10.2. The number of halogens is 1. The molecule has 0 saturated heterocycles. The van der Waals surface area contributed by atoms with Crippen molar-refractivity contribution in [2.24, 2.45) is 34.5 Å². The summed E-state index contributed by atoms with van der Waals surface area (Å²) >= 11 is 3.91. The van der Waals surface area contributed by atoms with Crippen molar-refractivity contribution in [3.8, 4) is 0 Å². The fourth-order valence-corrected chi connectivity index (χ4v) is 8.34. The lowest BCUT2D eigenvalue weighted by Crippen LogP contribution is -2.55. The second-order valence-electron chi connectivity index (χ2n) is 9.57. The topological polar surface area (TPSA) is 40.5 Å². The molecule has 0 heterocycles. The van der Waals surface area contributed by atoms with E-state index in [1.165, 1.54) is 38.5 Å². The quantitative estimate of drug-likeness (QED) is 0.487. The molecule has 0 radical (unpaired) electrons. The molecule has 4 rings (SSSR count). The van der Waals surface area contributed by atoms with Crippen LogP contribution in [-0.2, 0) is 0 Å². The van der Waals surface area contributed by atoms with Crippen LogP contribution in [0, 0.1) is 34.5 Å². The molecule has 2 N–H and O–H groups in total. The van der Waals surface area contributed by atoms with E-state index in [1.807, 2.05) is 0 Å². The van der Waals surface area contributed by atoms with Gasteiger partial charge in [0.25, 0.3) is 0 Å². The summed E-state index contributed by atoms with van der Waals surface area (Å²) in [6.45, 7) is 5.02. The van der Waals surface area contributed by atoms with Gasteiger partial charge in [-0.25, -0.2) is 0 Å². The minimum atomic E-state index is -1.39. The van der Waals surface area contributed by atoms with Crippen LogP contribution in [0.1, 0.15) is 71.6 Å². The average molecular weight is 371 g/mol.